The van der Waals surface area contributed by atoms with Crippen molar-refractivity contribution >= 4 is 5.91 Å². The molecule has 1 fully saturated rings. The van der Waals surface area contributed by atoms with E-state index in [1.807, 2.05) is 11.9 Å². The predicted molar refractivity (Wildman–Crippen MR) is 76.3 cm³/mol. The molecule has 0 radical (unpaired) electrons. The van der Waals surface area contributed by atoms with Crippen LogP contribution in [0, 0.1) is 11.8 Å². The maximum absolute atomic E-state index is 12.5. The van der Waals surface area contributed by atoms with Crippen molar-refractivity contribution in [1.82, 2.24) is 4.90 Å². The van der Waals surface area contributed by atoms with Gasteiger partial charge in [0.05, 0.1) is 5.92 Å². The lowest BCUT2D eigenvalue weighted by Crippen LogP contribution is -2.43. The zero-order valence-corrected chi connectivity index (χ0v) is 12.3. The monoisotopic (exact) mass is 254 g/mol. The van der Waals surface area contributed by atoms with Crippen molar-refractivity contribution in [3.8, 4) is 0 Å². The van der Waals surface area contributed by atoms with Crippen molar-refractivity contribution in [2.75, 3.05) is 13.6 Å². The van der Waals surface area contributed by atoms with Gasteiger partial charge in [0.2, 0.25) is 5.91 Å². The van der Waals surface area contributed by atoms with Crippen molar-refractivity contribution in [2.45, 2.75) is 64.8 Å². The third-order valence-corrected chi connectivity index (χ3v) is 4.11. The highest BCUT2D eigenvalue weighted by atomic mass is 16.2. The van der Waals surface area contributed by atoms with Crippen molar-refractivity contribution in [2.24, 2.45) is 17.6 Å². The summed E-state index contributed by atoms with van der Waals surface area (Å²) in [7, 11) is 1.97. The van der Waals surface area contributed by atoms with Crippen molar-refractivity contribution in [1.29, 1.82) is 0 Å². The molecule has 1 aliphatic carbocycles. The zero-order chi connectivity index (χ0) is 13.5. The minimum Gasteiger partial charge on any atom is -0.342 e. The Hall–Kier alpha value is -0.570. The summed E-state index contributed by atoms with van der Waals surface area (Å²) < 4.78 is 0. The first kappa shape index (κ1) is 15.5. The molecule has 0 aromatic heterocycles. The third kappa shape index (κ3) is 4.60. The molecule has 0 bridgehead atoms. The highest BCUT2D eigenvalue weighted by molar-refractivity contribution is 5.79. The zero-order valence-electron chi connectivity index (χ0n) is 12.3. The van der Waals surface area contributed by atoms with Gasteiger partial charge in [0.15, 0.2) is 0 Å². The lowest BCUT2D eigenvalue weighted by atomic mass is 9.95. The van der Waals surface area contributed by atoms with E-state index in [2.05, 4.69) is 13.8 Å². The van der Waals surface area contributed by atoms with Gasteiger partial charge < -0.3 is 10.6 Å². The first-order valence-electron chi connectivity index (χ1n) is 7.53. The molecule has 0 aromatic carbocycles. The first-order valence-corrected chi connectivity index (χ1v) is 7.53. The molecule has 0 aromatic rings. The van der Waals surface area contributed by atoms with Crippen LogP contribution in [-0.4, -0.2) is 30.4 Å². The van der Waals surface area contributed by atoms with Gasteiger partial charge in [0.25, 0.3) is 0 Å². The van der Waals surface area contributed by atoms with Crippen LogP contribution >= 0.6 is 0 Å². The Bertz CT molecular complexity index is 245. The second kappa shape index (κ2) is 7.78. The van der Waals surface area contributed by atoms with Gasteiger partial charge in [-0.25, -0.2) is 0 Å². The Kier molecular flexibility index (Phi) is 6.69. The van der Waals surface area contributed by atoms with E-state index >= 15 is 0 Å². The molecule has 18 heavy (non-hydrogen) atoms. The SMILES string of the molecule is CC(C)CC(CN)C(=O)N(C)C1CCCCCC1. The Morgan fingerprint density at radius 3 is 2.22 bits per heavy atom. The second-order valence-corrected chi connectivity index (χ2v) is 6.16. The van der Waals surface area contributed by atoms with Gasteiger partial charge in [0.1, 0.15) is 0 Å². The fraction of sp³-hybridized carbons (Fsp3) is 0.933. The van der Waals surface area contributed by atoms with Crippen molar-refractivity contribution in [3.63, 3.8) is 0 Å². The molecule has 3 nitrogen and oxygen atoms in total. The maximum Gasteiger partial charge on any atom is 0.226 e. The largest absolute Gasteiger partial charge is 0.342 e. The molecule has 0 saturated heterocycles. The molecule has 106 valence electrons. The summed E-state index contributed by atoms with van der Waals surface area (Å²) in [5.41, 5.74) is 5.77. The average Bonchev–Trinajstić information content (AvgIpc) is 2.62. The molecule has 1 unspecified atom stereocenters. The molecule has 1 rings (SSSR count). The van der Waals surface area contributed by atoms with Gasteiger partial charge in [-0.1, -0.05) is 39.5 Å². The molecule has 0 heterocycles. The minimum absolute atomic E-state index is 0.0123. The predicted octanol–water partition coefficient (Wildman–Crippen LogP) is 2.79. The minimum atomic E-state index is 0.0123. The fourth-order valence-corrected chi connectivity index (χ4v) is 2.98. The fourth-order valence-electron chi connectivity index (χ4n) is 2.98. The quantitative estimate of drug-likeness (QED) is 0.767. The maximum atomic E-state index is 12.5. The Morgan fingerprint density at radius 2 is 1.78 bits per heavy atom. The molecule has 0 aliphatic heterocycles. The molecular formula is C15H30N2O. The van der Waals surface area contributed by atoms with Crippen molar-refractivity contribution < 1.29 is 4.79 Å². The topological polar surface area (TPSA) is 46.3 Å². The molecule has 1 aliphatic rings. The van der Waals surface area contributed by atoms with Crippen molar-refractivity contribution in [3.05, 3.63) is 0 Å². The van der Waals surface area contributed by atoms with Crippen LogP contribution in [-0.2, 0) is 4.79 Å². The molecular weight excluding hydrogens is 224 g/mol. The van der Waals surface area contributed by atoms with Gasteiger partial charge in [-0.2, -0.15) is 0 Å². The van der Waals surface area contributed by atoms with Crippen LogP contribution in [0.3, 0.4) is 0 Å². The number of carbonyl (C=O) groups is 1. The van der Waals surface area contributed by atoms with Gasteiger partial charge >= 0.3 is 0 Å². The van der Waals surface area contributed by atoms with E-state index in [-0.39, 0.29) is 11.8 Å². The van der Waals surface area contributed by atoms with Gasteiger partial charge in [-0.3, -0.25) is 4.79 Å². The number of rotatable bonds is 5. The van der Waals surface area contributed by atoms with Crippen LogP contribution in [0.1, 0.15) is 58.8 Å². The Morgan fingerprint density at radius 1 is 1.22 bits per heavy atom. The number of hydrogen-bond donors (Lipinski definition) is 1. The number of carbonyl (C=O) groups excluding carboxylic acids is 1. The summed E-state index contributed by atoms with van der Waals surface area (Å²) >= 11 is 0. The summed E-state index contributed by atoms with van der Waals surface area (Å²) in [6, 6.07) is 0.446. The van der Waals surface area contributed by atoms with E-state index in [1.54, 1.807) is 0 Å². The number of nitrogens with two attached hydrogens (primary N) is 1. The summed E-state index contributed by atoms with van der Waals surface area (Å²) in [6.45, 7) is 4.79. The smallest absolute Gasteiger partial charge is 0.226 e. The Labute approximate surface area is 112 Å². The second-order valence-electron chi connectivity index (χ2n) is 6.16. The van der Waals surface area contributed by atoms with E-state index in [0.717, 1.165) is 6.42 Å². The van der Waals surface area contributed by atoms with Gasteiger partial charge in [0, 0.05) is 19.6 Å². The molecule has 0 spiro atoms. The Balaban J connectivity index is 2.56. The van der Waals surface area contributed by atoms with Crippen LogP contribution < -0.4 is 5.73 Å². The molecule has 1 atom stereocenters. The molecule has 1 saturated carbocycles. The summed E-state index contributed by atoms with van der Waals surface area (Å²) in [5, 5.41) is 0. The van der Waals surface area contributed by atoms with Crippen LogP contribution in [0.5, 0.6) is 0 Å². The first-order chi connectivity index (χ1) is 8.56. The number of nitrogens with zero attached hydrogens (tertiary/aromatic N) is 1. The van der Waals surface area contributed by atoms with E-state index in [4.69, 9.17) is 5.73 Å². The molecule has 2 N–H and O–H groups in total. The van der Waals surface area contributed by atoms with Gasteiger partial charge in [-0.15, -0.1) is 0 Å². The number of hydrogen-bond acceptors (Lipinski definition) is 2. The average molecular weight is 254 g/mol. The standard InChI is InChI=1S/C15H30N2O/c1-12(2)10-13(11-16)15(18)17(3)14-8-6-4-5-7-9-14/h12-14H,4-11,16H2,1-3H3. The number of amides is 1. The van der Waals surface area contributed by atoms with Crippen LogP contribution in [0.15, 0.2) is 0 Å². The normalized spacial score (nSPS) is 19.6. The molecule has 3 heteroatoms. The lowest BCUT2D eigenvalue weighted by Gasteiger charge is -2.31. The summed E-state index contributed by atoms with van der Waals surface area (Å²) in [6.07, 6.45) is 8.42. The van der Waals surface area contributed by atoms with E-state index in [0.29, 0.717) is 18.5 Å². The summed E-state index contributed by atoms with van der Waals surface area (Å²) in [4.78, 5) is 14.5. The van der Waals surface area contributed by atoms with Gasteiger partial charge in [-0.05, 0) is 25.2 Å². The summed E-state index contributed by atoms with van der Waals surface area (Å²) in [5.74, 6) is 0.807. The van der Waals surface area contributed by atoms with Crippen LogP contribution in [0.25, 0.3) is 0 Å². The van der Waals surface area contributed by atoms with Crippen LogP contribution in [0.4, 0.5) is 0 Å². The van der Waals surface area contributed by atoms with E-state index in [9.17, 15) is 4.79 Å². The molecule has 1 amide bonds. The lowest BCUT2D eigenvalue weighted by molar-refractivity contribution is -0.136. The van der Waals surface area contributed by atoms with E-state index < -0.39 is 0 Å². The third-order valence-electron chi connectivity index (χ3n) is 4.11. The highest BCUT2D eigenvalue weighted by Gasteiger charge is 2.26. The highest BCUT2D eigenvalue weighted by Crippen LogP contribution is 2.23. The van der Waals surface area contributed by atoms with E-state index in [1.165, 1.54) is 38.5 Å². The van der Waals surface area contributed by atoms with Crippen LogP contribution in [0.2, 0.25) is 0 Å².